The number of hydrazine groups is 1. The molecule has 0 spiro atoms. The van der Waals surface area contributed by atoms with Crippen LogP contribution in [0.2, 0.25) is 0 Å². The predicted molar refractivity (Wildman–Crippen MR) is 64.5 cm³/mol. The molecule has 0 aromatic rings. The molecule has 2 atom stereocenters. The van der Waals surface area contributed by atoms with Gasteiger partial charge in [0.25, 0.3) is 0 Å². The Morgan fingerprint density at radius 2 is 2.40 bits per heavy atom. The van der Waals surface area contributed by atoms with Crippen molar-refractivity contribution in [2.45, 2.75) is 43.4 Å². The quantitative estimate of drug-likeness (QED) is 0.571. The van der Waals surface area contributed by atoms with Crippen LogP contribution >= 0.6 is 11.8 Å². The van der Waals surface area contributed by atoms with Gasteiger partial charge in [-0.2, -0.15) is 11.8 Å². The summed E-state index contributed by atoms with van der Waals surface area (Å²) in [6.07, 6.45) is 8.14. The fraction of sp³-hybridized carbons (Fsp3) is 0.818. The van der Waals surface area contributed by atoms with E-state index in [9.17, 15) is 0 Å². The minimum absolute atomic E-state index is 0.315. The lowest BCUT2D eigenvalue weighted by Gasteiger charge is -2.32. The molecule has 0 aromatic carbocycles. The highest BCUT2D eigenvalue weighted by molar-refractivity contribution is 8.00. The van der Waals surface area contributed by atoms with Crippen molar-refractivity contribution < 1.29 is 4.74 Å². The lowest BCUT2D eigenvalue weighted by atomic mass is 9.96. The van der Waals surface area contributed by atoms with Crippen molar-refractivity contribution in [1.29, 1.82) is 0 Å². The molecular formula is C11H20N2OS. The molecule has 4 heteroatoms. The second-order valence-corrected chi connectivity index (χ2v) is 5.56. The number of ether oxygens (including phenoxy) is 1. The highest BCUT2D eigenvalue weighted by Gasteiger charge is 2.27. The van der Waals surface area contributed by atoms with Crippen LogP contribution in [0, 0.1) is 0 Å². The van der Waals surface area contributed by atoms with Crippen molar-refractivity contribution >= 4 is 11.8 Å². The molecular weight excluding hydrogens is 208 g/mol. The van der Waals surface area contributed by atoms with E-state index in [1.165, 1.54) is 30.6 Å². The normalized spacial score (nSPS) is 29.1. The molecule has 1 fully saturated rings. The Labute approximate surface area is 95.8 Å². The summed E-state index contributed by atoms with van der Waals surface area (Å²) < 4.78 is 5.39. The molecule has 0 radical (unpaired) electrons. The van der Waals surface area contributed by atoms with Crippen molar-refractivity contribution in [3.63, 3.8) is 0 Å². The third-order valence-corrected chi connectivity index (χ3v) is 4.59. The maximum absolute atomic E-state index is 5.67. The van der Waals surface area contributed by atoms with Crippen molar-refractivity contribution in [3.8, 4) is 0 Å². The molecule has 0 bridgehead atoms. The molecule has 0 aliphatic carbocycles. The van der Waals surface area contributed by atoms with E-state index >= 15 is 0 Å². The van der Waals surface area contributed by atoms with Gasteiger partial charge in [-0.25, -0.2) is 0 Å². The zero-order chi connectivity index (χ0) is 10.5. The second-order valence-electron chi connectivity index (χ2n) is 4.22. The van der Waals surface area contributed by atoms with Crippen LogP contribution in [0.5, 0.6) is 0 Å². The van der Waals surface area contributed by atoms with Crippen LogP contribution in [0.25, 0.3) is 0 Å². The zero-order valence-corrected chi connectivity index (χ0v) is 9.89. The van der Waals surface area contributed by atoms with Gasteiger partial charge in [0.15, 0.2) is 0 Å². The fourth-order valence-corrected chi connectivity index (χ4v) is 3.75. The first kappa shape index (κ1) is 11.3. The first-order chi connectivity index (χ1) is 7.42. The minimum atomic E-state index is 0.315. The molecule has 2 unspecified atom stereocenters. The summed E-state index contributed by atoms with van der Waals surface area (Å²) >= 11 is 2.05. The predicted octanol–water partition coefficient (Wildman–Crippen LogP) is 1.80. The topological polar surface area (TPSA) is 47.3 Å². The van der Waals surface area contributed by atoms with Gasteiger partial charge in [-0.3, -0.25) is 11.3 Å². The van der Waals surface area contributed by atoms with E-state index in [0.29, 0.717) is 11.3 Å². The van der Waals surface area contributed by atoms with Crippen LogP contribution in [0.4, 0.5) is 0 Å². The molecule has 1 saturated heterocycles. The summed E-state index contributed by atoms with van der Waals surface area (Å²) in [5.41, 5.74) is 4.32. The van der Waals surface area contributed by atoms with E-state index in [-0.39, 0.29) is 0 Å². The lowest BCUT2D eigenvalue weighted by molar-refractivity contribution is 0.218. The van der Waals surface area contributed by atoms with Crippen molar-refractivity contribution in [1.82, 2.24) is 5.43 Å². The zero-order valence-electron chi connectivity index (χ0n) is 9.08. The van der Waals surface area contributed by atoms with Crippen molar-refractivity contribution in [2.24, 2.45) is 5.84 Å². The average Bonchev–Trinajstić information content (AvgIpc) is 2.33. The van der Waals surface area contributed by atoms with Gasteiger partial charge in [-0.1, -0.05) is 6.42 Å². The number of hydrogen-bond donors (Lipinski definition) is 2. The Hall–Kier alpha value is -0.190. The summed E-state index contributed by atoms with van der Waals surface area (Å²) in [6, 6.07) is 0.315. The Kier molecular flexibility index (Phi) is 4.35. The third kappa shape index (κ3) is 2.89. The number of rotatable bonds is 3. The van der Waals surface area contributed by atoms with E-state index in [0.717, 1.165) is 19.4 Å². The van der Waals surface area contributed by atoms with Gasteiger partial charge in [0.1, 0.15) is 0 Å². The molecule has 15 heavy (non-hydrogen) atoms. The van der Waals surface area contributed by atoms with Crippen LogP contribution in [-0.2, 0) is 4.74 Å². The SMILES string of the molecule is NNC(C1=COCCC1)C1CCCCS1. The van der Waals surface area contributed by atoms with Gasteiger partial charge in [0.05, 0.1) is 18.9 Å². The molecule has 3 N–H and O–H groups in total. The van der Waals surface area contributed by atoms with E-state index in [2.05, 4.69) is 17.2 Å². The second kappa shape index (κ2) is 5.77. The van der Waals surface area contributed by atoms with Crippen LogP contribution in [0.1, 0.15) is 32.1 Å². The highest BCUT2D eigenvalue weighted by atomic mass is 32.2. The highest BCUT2D eigenvalue weighted by Crippen LogP contribution is 2.31. The number of nitrogens with one attached hydrogen (secondary N) is 1. The maximum atomic E-state index is 5.67. The summed E-state index contributed by atoms with van der Waals surface area (Å²) in [4.78, 5) is 0. The van der Waals surface area contributed by atoms with E-state index < -0.39 is 0 Å². The van der Waals surface area contributed by atoms with Gasteiger partial charge >= 0.3 is 0 Å². The van der Waals surface area contributed by atoms with Crippen LogP contribution in [0.3, 0.4) is 0 Å². The van der Waals surface area contributed by atoms with Gasteiger partial charge in [0.2, 0.25) is 0 Å². The molecule has 2 aliphatic heterocycles. The molecule has 2 rings (SSSR count). The summed E-state index contributed by atoms with van der Waals surface area (Å²) in [5, 5.41) is 0.636. The smallest absolute Gasteiger partial charge is 0.0876 e. The standard InChI is InChI=1S/C11H20N2OS/c12-13-11(9-4-3-6-14-8-9)10-5-1-2-7-15-10/h8,10-11,13H,1-7,12H2. The van der Waals surface area contributed by atoms with E-state index in [1.54, 1.807) is 0 Å². The van der Waals surface area contributed by atoms with Crippen LogP contribution < -0.4 is 11.3 Å². The molecule has 0 amide bonds. The Balaban J connectivity index is 1.98. The molecule has 2 aliphatic rings. The van der Waals surface area contributed by atoms with Gasteiger partial charge in [-0.05, 0) is 37.0 Å². The minimum Gasteiger partial charge on any atom is -0.501 e. The van der Waals surface area contributed by atoms with E-state index in [1.807, 2.05) is 6.26 Å². The van der Waals surface area contributed by atoms with E-state index in [4.69, 9.17) is 10.6 Å². The number of hydrogen-bond acceptors (Lipinski definition) is 4. The summed E-state index contributed by atoms with van der Waals surface area (Å²) in [6.45, 7) is 0.860. The molecule has 0 aromatic heterocycles. The van der Waals surface area contributed by atoms with Crippen molar-refractivity contribution in [3.05, 3.63) is 11.8 Å². The Morgan fingerprint density at radius 3 is 3.00 bits per heavy atom. The third-order valence-electron chi connectivity index (χ3n) is 3.13. The number of thioether (sulfide) groups is 1. The van der Waals surface area contributed by atoms with Crippen LogP contribution in [-0.4, -0.2) is 23.7 Å². The van der Waals surface area contributed by atoms with Gasteiger partial charge in [-0.15, -0.1) is 0 Å². The molecule has 3 nitrogen and oxygen atoms in total. The largest absolute Gasteiger partial charge is 0.501 e. The van der Waals surface area contributed by atoms with Crippen LogP contribution in [0.15, 0.2) is 11.8 Å². The first-order valence-electron chi connectivity index (χ1n) is 5.80. The molecule has 0 saturated carbocycles. The Bertz CT molecular complexity index is 227. The summed E-state index contributed by atoms with van der Waals surface area (Å²) in [7, 11) is 0. The maximum Gasteiger partial charge on any atom is 0.0876 e. The lowest BCUT2D eigenvalue weighted by Crippen LogP contribution is -2.45. The van der Waals surface area contributed by atoms with Gasteiger partial charge in [0, 0.05) is 5.25 Å². The number of nitrogens with two attached hydrogens (primary N) is 1. The van der Waals surface area contributed by atoms with Crippen molar-refractivity contribution in [2.75, 3.05) is 12.4 Å². The summed E-state index contributed by atoms with van der Waals surface area (Å²) in [5.74, 6) is 6.95. The molecule has 2 heterocycles. The van der Waals surface area contributed by atoms with Gasteiger partial charge < -0.3 is 4.74 Å². The fourth-order valence-electron chi connectivity index (χ4n) is 2.29. The molecule has 86 valence electrons. The monoisotopic (exact) mass is 228 g/mol. The average molecular weight is 228 g/mol. The Morgan fingerprint density at radius 1 is 1.47 bits per heavy atom. The first-order valence-corrected chi connectivity index (χ1v) is 6.85.